The number of aryl methyl sites for hydroxylation is 3. The van der Waals surface area contributed by atoms with Gasteiger partial charge in [-0.2, -0.15) is 0 Å². The number of carbonyl (C=O) groups is 2. The normalized spacial score (nSPS) is 12.0. The molecule has 174 valence electrons. The van der Waals surface area contributed by atoms with Crippen LogP contribution in [0.25, 0.3) is 0 Å². The maximum Gasteiger partial charge on any atom is 0.251 e. The van der Waals surface area contributed by atoms with Crippen LogP contribution in [0.2, 0.25) is 0 Å². The summed E-state index contributed by atoms with van der Waals surface area (Å²) in [5, 5.41) is 15.2. The van der Waals surface area contributed by atoms with Crippen LogP contribution in [0.4, 0.5) is 5.69 Å². The number of amides is 2. The molecule has 1 atom stereocenters. The van der Waals surface area contributed by atoms with Gasteiger partial charge in [0.2, 0.25) is 5.91 Å². The van der Waals surface area contributed by atoms with Gasteiger partial charge in [-0.1, -0.05) is 61.0 Å². The van der Waals surface area contributed by atoms with Gasteiger partial charge in [-0.05, 0) is 50.5 Å². The Morgan fingerprint density at radius 3 is 2.30 bits per heavy atom. The Morgan fingerprint density at radius 1 is 1.00 bits per heavy atom. The number of thioether (sulfide) groups is 1. The highest BCUT2D eigenvalue weighted by Gasteiger charge is 2.25. The number of hydrogen-bond donors (Lipinski definition) is 2. The van der Waals surface area contributed by atoms with Crippen LogP contribution in [0.15, 0.2) is 47.6 Å². The third-order valence-electron chi connectivity index (χ3n) is 5.40. The molecule has 1 aromatic heterocycles. The first-order chi connectivity index (χ1) is 15.7. The highest BCUT2D eigenvalue weighted by Crippen LogP contribution is 2.25. The van der Waals surface area contributed by atoms with Crippen molar-refractivity contribution < 1.29 is 9.59 Å². The molecule has 0 saturated carbocycles. The van der Waals surface area contributed by atoms with Crippen molar-refractivity contribution in [3.05, 3.63) is 70.5 Å². The zero-order valence-corrected chi connectivity index (χ0v) is 20.8. The lowest BCUT2D eigenvalue weighted by Crippen LogP contribution is -2.33. The molecule has 2 amide bonds. The molecule has 0 spiro atoms. The zero-order valence-electron chi connectivity index (χ0n) is 20.0. The van der Waals surface area contributed by atoms with Gasteiger partial charge in [0.25, 0.3) is 5.91 Å². The van der Waals surface area contributed by atoms with Gasteiger partial charge in [0.15, 0.2) is 11.0 Å². The molecule has 3 aromatic rings. The molecular formula is C25H31N5O2S. The highest BCUT2D eigenvalue weighted by atomic mass is 32.2. The van der Waals surface area contributed by atoms with Crippen LogP contribution in [-0.4, -0.2) is 32.3 Å². The van der Waals surface area contributed by atoms with E-state index in [1.54, 1.807) is 0 Å². The Bertz CT molecular complexity index is 1140. The minimum Gasteiger partial charge on any atom is -0.342 e. The van der Waals surface area contributed by atoms with Crippen LogP contribution in [0.1, 0.15) is 52.8 Å². The van der Waals surface area contributed by atoms with E-state index in [1.807, 2.05) is 88.7 Å². The second-order valence-corrected chi connectivity index (χ2v) is 9.56. The quantitative estimate of drug-likeness (QED) is 0.475. The molecule has 0 aliphatic carbocycles. The minimum atomic E-state index is -0.310. The maximum absolute atomic E-state index is 12.8. The van der Waals surface area contributed by atoms with E-state index >= 15 is 0 Å². The van der Waals surface area contributed by atoms with Crippen molar-refractivity contribution >= 4 is 29.3 Å². The first-order valence-corrected chi connectivity index (χ1v) is 11.9. The number of nitrogens with zero attached hydrogens (tertiary/aromatic N) is 3. The molecule has 0 unspecified atom stereocenters. The standard InChI is InChI=1S/C25H31N5O2S/c1-15(2)22(27-24(32)19-10-7-16(3)8-11-19)23-28-29-25(30(23)6)33-14-21(31)26-20-12-9-17(4)13-18(20)5/h7-13,15,22H,14H2,1-6H3,(H,26,31)(H,27,32)/t22-/m1/s1. The van der Waals surface area contributed by atoms with Crippen LogP contribution >= 0.6 is 11.8 Å². The fraction of sp³-hybridized carbons (Fsp3) is 0.360. The Kier molecular flexibility index (Phi) is 7.92. The molecule has 0 saturated heterocycles. The number of carbonyl (C=O) groups excluding carboxylic acids is 2. The minimum absolute atomic E-state index is 0.105. The topological polar surface area (TPSA) is 88.9 Å². The Hall–Kier alpha value is -3.13. The predicted octanol–water partition coefficient (Wildman–Crippen LogP) is 4.60. The molecule has 0 radical (unpaired) electrons. The van der Waals surface area contributed by atoms with E-state index in [2.05, 4.69) is 20.8 Å². The van der Waals surface area contributed by atoms with Crippen LogP contribution in [0.3, 0.4) is 0 Å². The summed E-state index contributed by atoms with van der Waals surface area (Å²) in [6.07, 6.45) is 0. The third kappa shape index (κ3) is 6.22. The lowest BCUT2D eigenvalue weighted by Gasteiger charge is -2.21. The van der Waals surface area contributed by atoms with Crippen molar-refractivity contribution in [3.63, 3.8) is 0 Å². The van der Waals surface area contributed by atoms with Gasteiger partial charge in [0.1, 0.15) is 0 Å². The number of benzene rings is 2. The molecule has 33 heavy (non-hydrogen) atoms. The van der Waals surface area contributed by atoms with Crippen molar-refractivity contribution in [1.29, 1.82) is 0 Å². The van der Waals surface area contributed by atoms with E-state index in [0.29, 0.717) is 16.5 Å². The van der Waals surface area contributed by atoms with Crippen molar-refractivity contribution in [3.8, 4) is 0 Å². The van der Waals surface area contributed by atoms with Gasteiger partial charge >= 0.3 is 0 Å². The summed E-state index contributed by atoms with van der Waals surface area (Å²) in [7, 11) is 1.85. The third-order valence-corrected chi connectivity index (χ3v) is 6.42. The van der Waals surface area contributed by atoms with Gasteiger partial charge in [-0.3, -0.25) is 9.59 Å². The highest BCUT2D eigenvalue weighted by molar-refractivity contribution is 7.99. The van der Waals surface area contributed by atoms with Crippen LogP contribution in [-0.2, 0) is 11.8 Å². The predicted molar refractivity (Wildman–Crippen MR) is 132 cm³/mol. The van der Waals surface area contributed by atoms with E-state index < -0.39 is 0 Å². The number of aromatic nitrogens is 3. The van der Waals surface area contributed by atoms with E-state index in [4.69, 9.17) is 0 Å². The smallest absolute Gasteiger partial charge is 0.251 e. The summed E-state index contributed by atoms with van der Waals surface area (Å²) in [5.74, 6) is 0.709. The summed E-state index contributed by atoms with van der Waals surface area (Å²) in [4.78, 5) is 25.2. The number of rotatable bonds is 8. The molecule has 7 nitrogen and oxygen atoms in total. The molecule has 8 heteroatoms. The number of anilines is 1. The molecule has 1 heterocycles. The summed E-state index contributed by atoms with van der Waals surface area (Å²) in [6, 6.07) is 13.1. The number of hydrogen-bond acceptors (Lipinski definition) is 5. The maximum atomic E-state index is 12.8. The zero-order chi connectivity index (χ0) is 24.1. The Balaban J connectivity index is 1.66. The molecule has 2 N–H and O–H groups in total. The first kappa shape index (κ1) is 24.5. The Morgan fingerprint density at radius 2 is 1.67 bits per heavy atom. The largest absolute Gasteiger partial charge is 0.342 e. The van der Waals surface area contributed by atoms with E-state index in [-0.39, 0.29) is 29.5 Å². The van der Waals surface area contributed by atoms with Crippen LogP contribution in [0, 0.1) is 26.7 Å². The molecular weight excluding hydrogens is 434 g/mol. The summed E-state index contributed by atoms with van der Waals surface area (Å²) in [6.45, 7) is 10.0. The fourth-order valence-corrected chi connectivity index (χ4v) is 4.17. The summed E-state index contributed by atoms with van der Waals surface area (Å²) < 4.78 is 1.84. The van der Waals surface area contributed by atoms with Gasteiger partial charge in [0, 0.05) is 18.3 Å². The molecule has 3 rings (SSSR count). The molecule has 2 aromatic carbocycles. The van der Waals surface area contributed by atoms with Gasteiger partial charge in [0.05, 0.1) is 11.8 Å². The average molecular weight is 466 g/mol. The van der Waals surface area contributed by atoms with Crippen molar-refractivity contribution in [1.82, 2.24) is 20.1 Å². The Labute approximate surface area is 199 Å². The monoisotopic (exact) mass is 465 g/mol. The van der Waals surface area contributed by atoms with E-state index in [1.165, 1.54) is 11.8 Å². The fourth-order valence-electron chi connectivity index (χ4n) is 3.45. The molecule has 0 fully saturated rings. The van der Waals surface area contributed by atoms with Crippen LogP contribution < -0.4 is 10.6 Å². The van der Waals surface area contributed by atoms with Crippen molar-refractivity contribution in [2.45, 2.75) is 45.8 Å². The van der Waals surface area contributed by atoms with Crippen molar-refractivity contribution in [2.75, 3.05) is 11.1 Å². The summed E-state index contributed by atoms with van der Waals surface area (Å²) >= 11 is 1.31. The second-order valence-electron chi connectivity index (χ2n) is 8.62. The first-order valence-electron chi connectivity index (χ1n) is 10.9. The second kappa shape index (κ2) is 10.7. The average Bonchev–Trinajstić information content (AvgIpc) is 3.12. The van der Waals surface area contributed by atoms with Crippen molar-refractivity contribution in [2.24, 2.45) is 13.0 Å². The lowest BCUT2D eigenvalue weighted by atomic mass is 10.0. The molecule has 0 aliphatic heterocycles. The molecule has 0 bridgehead atoms. The van der Waals surface area contributed by atoms with E-state index in [9.17, 15) is 9.59 Å². The molecule has 0 aliphatic rings. The van der Waals surface area contributed by atoms with Gasteiger partial charge in [-0.15, -0.1) is 10.2 Å². The summed E-state index contributed by atoms with van der Waals surface area (Å²) in [5.41, 5.74) is 4.69. The number of nitrogens with one attached hydrogen (secondary N) is 2. The van der Waals surface area contributed by atoms with Gasteiger partial charge in [-0.25, -0.2) is 0 Å². The van der Waals surface area contributed by atoms with E-state index in [0.717, 1.165) is 22.4 Å². The lowest BCUT2D eigenvalue weighted by molar-refractivity contribution is -0.113. The van der Waals surface area contributed by atoms with Gasteiger partial charge < -0.3 is 15.2 Å². The SMILES string of the molecule is Cc1ccc(C(=O)N[C@@H](c2nnc(SCC(=O)Nc3ccc(C)cc3C)n2C)C(C)C)cc1. The van der Waals surface area contributed by atoms with Crippen LogP contribution in [0.5, 0.6) is 0 Å².